The molecule has 1 saturated carbocycles. The zero-order valence-electron chi connectivity index (χ0n) is 27.2. The lowest BCUT2D eigenvalue weighted by atomic mass is 9.56. The second-order valence-electron chi connectivity index (χ2n) is 13.1. The van der Waals surface area contributed by atoms with Crippen molar-refractivity contribution in [3.63, 3.8) is 0 Å². The summed E-state index contributed by atoms with van der Waals surface area (Å²) in [6, 6.07) is 18.7. The number of halogens is 3. The number of hydrogen-bond donors (Lipinski definition) is 1. The zero-order chi connectivity index (χ0) is 35.7. The number of anilines is 2. The van der Waals surface area contributed by atoms with Crippen LogP contribution in [0.5, 0.6) is 11.5 Å². The first kappa shape index (κ1) is 34.2. The van der Waals surface area contributed by atoms with Crippen molar-refractivity contribution < 1.29 is 29.0 Å². The highest BCUT2D eigenvalue weighted by Gasteiger charge is 2.76. The van der Waals surface area contributed by atoms with Crippen molar-refractivity contribution in [2.24, 2.45) is 28.0 Å². The van der Waals surface area contributed by atoms with E-state index in [1.807, 2.05) is 49.3 Å². The van der Waals surface area contributed by atoms with Gasteiger partial charge in [0.2, 0.25) is 11.8 Å². The second kappa shape index (κ2) is 12.5. The molecule has 6 atom stereocenters. The molecule has 0 aromatic heterocycles. The minimum Gasteiger partial charge on any atom is -0.508 e. The van der Waals surface area contributed by atoms with Gasteiger partial charge in [-0.25, -0.2) is 0 Å². The average molecular weight is 781 g/mol. The standard InChI is InChI=1S/C36H32BrCl2N5O6/c1-42(2)21-8-4-19(5-9-21)40-41-20-6-10-22(11-7-20)44-31(46)25-14-13-24-27(29(25)32(44)47)17-35(38)33(48)43(18-37)34(49)36(35,39)30(24)26-16-23(50-3)12-15-28(26)45/h4-13,15-16,25,27,29-30,45H,14,17-18H2,1-3H3/t25-,27+,29-,30+,35+,36-/m0/s1. The van der Waals surface area contributed by atoms with Crippen LogP contribution in [-0.4, -0.2) is 70.0 Å². The van der Waals surface area contributed by atoms with Crippen LogP contribution in [0.3, 0.4) is 0 Å². The van der Waals surface area contributed by atoms with Crippen LogP contribution < -0.4 is 14.5 Å². The molecule has 2 aliphatic carbocycles. The molecule has 1 N–H and O–H groups in total. The number of carbonyl (C=O) groups is 4. The number of phenols is 1. The fourth-order valence-corrected chi connectivity index (χ4v) is 9.26. The number of aromatic hydroxyl groups is 1. The number of benzene rings is 3. The molecule has 11 nitrogen and oxygen atoms in total. The summed E-state index contributed by atoms with van der Waals surface area (Å²) >= 11 is 17.8. The third-order valence-corrected chi connectivity index (χ3v) is 12.2. The summed E-state index contributed by atoms with van der Waals surface area (Å²) in [5.41, 5.74) is 3.24. The Morgan fingerprint density at radius 2 is 1.56 bits per heavy atom. The molecule has 2 heterocycles. The van der Waals surface area contributed by atoms with Crippen LogP contribution in [0.4, 0.5) is 22.7 Å². The SMILES string of the molecule is COc1ccc(O)c([C@H]2C3=CC[C@@H]4C(=O)N(c5ccc(N=Nc6ccc(N(C)C)cc6)cc5)C(=O)[C@@H]4[C@@H]3C[C@@]3(Cl)C(=O)N(CBr)C(=O)[C@@]23Cl)c1. The third kappa shape index (κ3) is 4.97. The minimum atomic E-state index is -2.04. The number of alkyl halides is 3. The van der Waals surface area contributed by atoms with Crippen molar-refractivity contribution in [2.75, 3.05) is 36.5 Å². The molecule has 2 aliphatic heterocycles. The van der Waals surface area contributed by atoms with Gasteiger partial charge in [0.25, 0.3) is 11.8 Å². The third-order valence-electron chi connectivity index (χ3n) is 10.3. The lowest BCUT2D eigenvalue weighted by Gasteiger charge is -2.50. The maximum absolute atomic E-state index is 14.3. The van der Waals surface area contributed by atoms with Crippen molar-refractivity contribution in [1.29, 1.82) is 0 Å². The first-order valence-corrected chi connectivity index (χ1v) is 17.8. The Kier molecular flexibility index (Phi) is 8.55. The van der Waals surface area contributed by atoms with E-state index in [9.17, 15) is 24.3 Å². The molecule has 4 amide bonds. The van der Waals surface area contributed by atoms with Gasteiger partial charge in [-0.1, -0.05) is 27.6 Å². The highest BCUT2D eigenvalue weighted by Crippen LogP contribution is 2.66. The summed E-state index contributed by atoms with van der Waals surface area (Å²) in [6.07, 6.45) is 1.83. The van der Waals surface area contributed by atoms with Crippen LogP contribution in [0.25, 0.3) is 0 Å². The first-order valence-electron chi connectivity index (χ1n) is 15.9. The molecule has 3 fully saturated rings. The highest BCUT2D eigenvalue weighted by molar-refractivity contribution is 9.09. The van der Waals surface area contributed by atoms with E-state index in [0.717, 1.165) is 10.6 Å². The molecule has 14 heteroatoms. The minimum absolute atomic E-state index is 0.149. The Balaban J connectivity index is 1.23. The normalized spacial score (nSPS) is 28.9. The quantitative estimate of drug-likeness (QED) is 0.0918. The lowest BCUT2D eigenvalue weighted by Crippen LogP contribution is -2.60. The van der Waals surface area contributed by atoms with E-state index in [0.29, 0.717) is 28.4 Å². The van der Waals surface area contributed by atoms with E-state index in [-0.39, 0.29) is 35.5 Å². The number of methoxy groups -OCH3 is 1. The van der Waals surface area contributed by atoms with Crippen molar-refractivity contribution in [1.82, 2.24) is 4.90 Å². The molecular weight excluding hydrogens is 749 g/mol. The van der Waals surface area contributed by atoms with Crippen molar-refractivity contribution in [3.05, 3.63) is 83.9 Å². The first-order chi connectivity index (χ1) is 23.8. The van der Waals surface area contributed by atoms with Crippen LogP contribution in [-0.2, 0) is 19.2 Å². The van der Waals surface area contributed by atoms with Gasteiger partial charge in [0.05, 0.1) is 41.5 Å². The topological polar surface area (TPSA) is 132 Å². The Morgan fingerprint density at radius 3 is 2.16 bits per heavy atom. The summed E-state index contributed by atoms with van der Waals surface area (Å²) in [5.74, 6) is -5.54. The molecule has 7 rings (SSSR count). The molecule has 0 bridgehead atoms. The number of azo groups is 1. The molecule has 0 radical (unpaired) electrons. The van der Waals surface area contributed by atoms with E-state index >= 15 is 0 Å². The summed E-state index contributed by atoms with van der Waals surface area (Å²) in [7, 11) is 5.36. The van der Waals surface area contributed by atoms with Gasteiger partial charge >= 0.3 is 0 Å². The van der Waals surface area contributed by atoms with Gasteiger partial charge in [0.1, 0.15) is 11.5 Å². The van der Waals surface area contributed by atoms with Gasteiger partial charge in [-0.05, 0) is 85.5 Å². The Labute approximate surface area is 306 Å². The summed E-state index contributed by atoms with van der Waals surface area (Å²) in [5, 5.41) is 19.7. The van der Waals surface area contributed by atoms with E-state index in [4.69, 9.17) is 27.9 Å². The average Bonchev–Trinajstić information content (AvgIpc) is 3.45. The number of hydrogen-bond acceptors (Lipinski definition) is 9. The predicted octanol–water partition coefficient (Wildman–Crippen LogP) is 6.80. The van der Waals surface area contributed by atoms with E-state index < -0.39 is 51.1 Å². The molecule has 258 valence electrons. The van der Waals surface area contributed by atoms with Gasteiger partial charge in [-0.15, -0.1) is 23.2 Å². The van der Waals surface area contributed by atoms with Crippen LogP contribution >= 0.6 is 39.1 Å². The Morgan fingerprint density at radius 1 is 0.920 bits per heavy atom. The maximum atomic E-state index is 14.3. The van der Waals surface area contributed by atoms with Crippen LogP contribution in [0.1, 0.15) is 24.3 Å². The van der Waals surface area contributed by atoms with Gasteiger partial charge in [-0.3, -0.25) is 29.0 Å². The molecular formula is C36H32BrCl2N5O6. The van der Waals surface area contributed by atoms with Crippen LogP contribution in [0.15, 0.2) is 88.6 Å². The summed E-state index contributed by atoms with van der Waals surface area (Å²) < 4.78 is 5.42. The zero-order valence-corrected chi connectivity index (χ0v) is 30.3. The second-order valence-corrected chi connectivity index (χ2v) is 14.8. The number of imide groups is 2. The van der Waals surface area contributed by atoms with Crippen molar-refractivity contribution >= 4 is 85.5 Å². The fourth-order valence-electron chi connectivity index (χ4n) is 7.85. The lowest BCUT2D eigenvalue weighted by molar-refractivity contribution is -0.138. The number of fused-ring (bicyclic) bond motifs is 4. The van der Waals surface area contributed by atoms with E-state index in [2.05, 4.69) is 26.2 Å². The monoisotopic (exact) mass is 779 g/mol. The van der Waals surface area contributed by atoms with E-state index in [1.165, 1.54) is 18.1 Å². The highest BCUT2D eigenvalue weighted by atomic mass is 79.9. The summed E-state index contributed by atoms with van der Waals surface area (Å²) in [6.45, 7) is 0. The molecule has 50 heavy (non-hydrogen) atoms. The number of likely N-dealkylation sites (tertiary alicyclic amines) is 1. The number of rotatable bonds is 7. The molecule has 3 aromatic carbocycles. The van der Waals surface area contributed by atoms with Crippen molar-refractivity contribution in [3.8, 4) is 11.5 Å². The summed E-state index contributed by atoms with van der Waals surface area (Å²) in [4.78, 5) is 56.2. The number of amides is 4. The maximum Gasteiger partial charge on any atom is 0.254 e. The van der Waals surface area contributed by atoms with E-state index in [1.54, 1.807) is 36.4 Å². The van der Waals surface area contributed by atoms with Crippen LogP contribution in [0.2, 0.25) is 0 Å². The molecule has 4 aliphatic rings. The smallest absolute Gasteiger partial charge is 0.254 e. The number of nitrogens with zero attached hydrogens (tertiary/aromatic N) is 5. The Bertz CT molecular complexity index is 1990. The number of phenolic OH excluding ortho intramolecular Hbond substituents is 1. The molecule has 0 spiro atoms. The van der Waals surface area contributed by atoms with Gasteiger partial charge in [0.15, 0.2) is 9.75 Å². The number of carbonyl (C=O) groups excluding carboxylic acids is 4. The van der Waals surface area contributed by atoms with Gasteiger partial charge < -0.3 is 14.7 Å². The molecule has 2 saturated heterocycles. The van der Waals surface area contributed by atoms with Gasteiger partial charge in [-0.2, -0.15) is 10.2 Å². The molecule has 0 unspecified atom stereocenters. The van der Waals surface area contributed by atoms with Crippen molar-refractivity contribution in [2.45, 2.75) is 28.5 Å². The fraction of sp³-hybridized carbons (Fsp3) is 0.333. The number of ether oxygens (including phenoxy) is 1. The van der Waals surface area contributed by atoms with Gasteiger partial charge in [0, 0.05) is 31.3 Å². The largest absolute Gasteiger partial charge is 0.508 e. The Hall–Kier alpha value is -4.26. The predicted molar refractivity (Wildman–Crippen MR) is 192 cm³/mol. The molecule has 3 aromatic rings. The number of allylic oxidation sites excluding steroid dienone is 2. The van der Waals surface area contributed by atoms with Crippen LogP contribution in [0, 0.1) is 17.8 Å².